The molecule has 1 aromatic rings. The smallest absolute Gasteiger partial charge is 0.315 e. The fraction of sp³-hybridized carbons (Fsp3) is 0.680. The lowest BCUT2D eigenvalue weighted by Crippen LogP contribution is -2.59. The Bertz CT molecular complexity index is 847. The van der Waals surface area contributed by atoms with E-state index in [2.05, 4.69) is 29.8 Å². The van der Waals surface area contributed by atoms with Crippen molar-refractivity contribution in [3.63, 3.8) is 0 Å². The van der Waals surface area contributed by atoms with Crippen molar-refractivity contribution in [2.75, 3.05) is 6.54 Å². The van der Waals surface area contributed by atoms with Gasteiger partial charge in [-0.2, -0.15) is 0 Å². The van der Waals surface area contributed by atoms with E-state index in [0.717, 1.165) is 31.7 Å². The maximum atomic E-state index is 13.4. The molecule has 3 amide bonds. The van der Waals surface area contributed by atoms with Crippen molar-refractivity contribution in [3.05, 3.63) is 35.4 Å². The molecule has 0 aliphatic heterocycles. The van der Waals surface area contributed by atoms with E-state index in [1.807, 2.05) is 6.92 Å². The minimum Gasteiger partial charge on any atom is -0.392 e. The van der Waals surface area contributed by atoms with Crippen molar-refractivity contribution in [2.45, 2.75) is 72.1 Å². The first kappa shape index (κ1) is 25.4. The molecular formula is C25H37F2N3O3. The normalized spacial score (nSPS) is 32.4. The fourth-order valence-electron chi connectivity index (χ4n) is 6.14. The van der Waals surface area contributed by atoms with Crippen LogP contribution in [0.25, 0.3) is 0 Å². The van der Waals surface area contributed by atoms with Crippen LogP contribution in [0.5, 0.6) is 0 Å². The Hall–Kier alpha value is -2.22. The minimum absolute atomic E-state index is 0.0246. The minimum atomic E-state index is -0.684. The molecule has 0 aromatic heterocycles. The molecular weight excluding hydrogens is 428 g/mol. The summed E-state index contributed by atoms with van der Waals surface area (Å²) in [5.74, 6) is -2.26. The molecule has 7 atom stereocenters. The molecule has 0 radical (unpaired) electrons. The van der Waals surface area contributed by atoms with Crippen molar-refractivity contribution in [1.82, 2.24) is 16.0 Å². The van der Waals surface area contributed by atoms with Gasteiger partial charge in [0.1, 0.15) is 11.6 Å². The van der Waals surface area contributed by atoms with Crippen LogP contribution in [0.1, 0.15) is 58.9 Å². The molecule has 3 rings (SSSR count). The van der Waals surface area contributed by atoms with E-state index >= 15 is 0 Å². The van der Waals surface area contributed by atoms with Gasteiger partial charge in [0.2, 0.25) is 5.91 Å². The number of carbonyl (C=O) groups is 2. The second-order valence-electron chi connectivity index (χ2n) is 10.2. The maximum Gasteiger partial charge on any atom is 0.315 e. The molecule has 0 saturated heterocycles. The first-order valence-electron chi connectivity index (χ1n) is 12.0. The van der Waals surface area contributed by atoms with Gasteiger partial charge >= 0.3 is 6.03 Å². The third-order valence-electron chi connectivity index (χ3n) is 7.99. The van der Waals surface area contributed by atoms with Gasteiger partial charge < -0.3 is 21.1 Å². The number of halogens is 2. The SMILES string of the molecule is CCNC(=O)N[C@@H]1CC[C@@]2(C)CC[C@H]([C@H](C)C(=O)NCc3cc(F)cc(F)c3)[C@H](O)[C@H]2[C@@H]1C. The molecule has 0 spiro atoms. The molecule has 2 aliphatic carbocycles. The number of nitrogens with one attached hydrogen (secondary N) is 3. The van der Waals surface area contributed by atoms with E-state index < -0.39 is 23.7 Å². The van der Waals surface area contributed by atoms with Gasteiger partial charge in [-0.05, 0) is 73.5 Å². The molecule has 6 nitrogen and oxygen atoms in total. The lowest BCUT2D eigenvalue weighted by atomic mass is 9.52. The molecule has 4 N–H and O–H groups in total. The monoisotopic (exact) mass is 465 g/mol. The second-order valence-corrected chi connectivity index (χ2v) is 10.2. The highest BCUT2D eigenvalue weighted by Gasteiger charge is 2.53. The predicted molar refractivity (Wildman–Crippen MR) is 122 cm³/mol. The Balaban J connectivity index is 1.66. The van der Waals surface area contributed by atoms with Crippen molar-refractivity contribution in [1.29, 1.82) is 0 Å². The second kappa shape index (κ2) is 10.4. The molecule has 2 aliphatic rings. The third-order valence-corrected chi connectivity index (χ3v) is 7.99. The Kier molecular flexibility index (Phi) is 7.98. The molecule has 2 saturated carbocycles. The van der Waals surface area contributed by atoms with Gasteiger partial charge in [0.15, 0.2) is 0 Å². The summed E-state index contributed by atoms with van der Waals surface area (Å²) in [5, 5.41) is 20.0. The van der Waals surface area contributed by atoms with E-state index in [1.165, 1.54) is 12.1 Å². The average Bonchev–Trinajstić information content (AvgIpc) is 2.73. The molecule has 1 aromatic carbocycles. The number of rotatable bonds is 6. The number of carbonyl (C=O) groups excluding carboxylic acids is 2. The first-order chi connectivity index (χ1) is 15.6. The van der Waals surface area contributed by atoms with Crippen molar-refractivity contribution in [2.24, 2.45) is 29.1 Å². The first-order valence-corrected chi connectivity index (χ1v) is 12.0. The van der Waals surface area contributed by atoms with Crippen LogP contribution >= 0.6 is 0 Å². The van der Waals surface area contributed by atoms with E-state index in [0.29, 0.717) is 12.1 Å². The quantitative estimate of drug-likeness (QED) is 0.516. The summed E-state index contributed by atoms with van der Waals surface area (Å²) in [4.78, 5) is 24.9. The number of hydrogen-bond donors (Lipinski definition) is 4. The van der Waals surface area contributed by atoms with Gasteiger partial charge in [0.25, 0.3) is 0 Å². The maximum absolute atomic E-state index is 13.4. The van der Waals surface area contributed by atoms with E-state index in [4.69, 9.17) is 0 Å². The van der Waals surface area contributed by atoms with Crippen LogP contribution in [0.2, 0.25) is 0 Å². The van der Waals surface area contributed by atoms with Crippen LogP contribution in [0.3, 0.4) is 0 Å². The molecule has 0 bridgehead atoms. The highest BCUT2D eigenvalue weighted by molar-refractivity contribution is 5.78. The largest absolute Gasteiger partial charge is 0.392 e. The molecule has 0 unspecified atom stereocenters. The van der Waals surface area contributed by atoms with E-state index in [1.54, 1.807) is 6.92 Å². The average molecular weight is 466 g/mol. The molecule has 0 heterocycles. The highest BCUT2D eigenvalue weighted by atomic mass is 19.1. The van der Waals surface area contributed by atoms with Gasteiger partial charge in [-0.25, -0.2) is 13.6 Å². The number of aliphatic hydroxyl groups excluding tert-OH is 1. The number of amides is 3. The number of hydrogen-bond acceptors (Lipinski definition) is 3. The van der Waals surface area contributed by atoms with Gasteiger partial charge in [0.05, 0.1) is 6.10 Å². The molecule has 33 heavy (non-hydrogen) atoms. The van der Waals surface area contributed by atoms with Gasteiger partial charge in [0, 0.05) is 31.1 Å². The molecule has 184 valence electrons. The third kappa shape index (κ3) is 5.65. The Labute approximate surface area is 194 Å². The van der Waals surface area contributed by atoms with Crippen molar-refractivity contribution >= 4 is 11.9 Å². The van der Waals surface area contributed by atoms with E-state index in [-0.39, 0.29) is 47.7 Å². The van der Waals surface area contributed by atoms with Gasteiger partial charge in [-0.15, -0.1) is 0 Å². The van der Waals surface area contributed by atoms with Crippen LogP contribution < -0.4 is 16.0 Å². The zero-order chi connectivity index (χ0) is 24.3. The van der Waals surface area contributed by atoms with Crippen LogP contribution in [-0.2, 0) is 11.3 Å². The summed E-state index contributed by atoms with van der Waals surface area (Å²) in [6.07, 6.45) is 2.74. The van der Waals surface area contributed by atoms with Gasteiger partial charge in [-0.3, -0.25) is 4.79 Å². The number of aliphatic hydroxyl groups is 1. The Morgan fingerprint density at radius 3 is 2.42 bits per heavy atom. The van der Waals surface area contributed by atoms with Crippen molar-refractivity contribution < 1.29 is 23.5 Å². The highest BCUT2D eigenvalue weighted by Crippen LogP contribution is 2.55. The lowest BCUT2D eigenvalue weighted by Gasteiger charge is -2.56. The summed E-state index contributed by atoms with van der Waals surface area (Å²) in [5.41, 5.74) is 0.314. The zero-order valence-electron chi connectivity index (χ0n) is 20.0. The zero-order valence-corrected chi connectivity index (χ0v) is 20.0. The summed E-state index contributed by atoms with van der Waals surface area (Å²) in [7, 11) is 0. The standard InChI is InChI=1S/C25H37F2N3O3/c1-5-28-24(33)30-20-7-9-25(4)8-6-19(22(31)21(25)15(20)3)14(2)23(32)29-13-16-10-17(26)12-18(27)11-16/h10-12,14-15,19-22,31H,5-9,13H2,1-4H3,(H,29,32)(H2,28,30,33)/t14-,15+,19+,20+,21+,22-,25+/m0/s1. The van der Waals surface area contributed by atoms with Crippen molar-refractivity contribution in [3.8, 4) is 0 Å². The summed E-state index contributed by atoms with van der Waals surface area (Å²) in [6.45, 7) is 8.53. The fourth-order valence-corrected chi connectivity index (χ4v) is 6.14. The number of urea groups is 1. The van der Waals surface area contributed by atoms with Gasteiger partial charge in [-0.1, -0.05) is 20.8 Å². The molecule has 2 fully saturated rings. The topological polar surface area (TPSA) is 90.5 Å². The Morgan fingerprint density at radius 2 is 1.79 bits per heavy atom. The predicted octanol–water partition coefficient (Wildman–Crippen LogP) is 3.73. The van der Waals surface area contributed by atoms with Crippen LogP contribution in [0.15, 0.2) is 18.2 Å². The summed E-state index contributed by atoms with van der Waals surface area (Å²) >= 11 is 0. The Morgan fingerprint density at radius 1 is 1.15 bits per heavy atom. The van der Waals surface area contributed by atoms with E-state index in [9.17, 15) is 23.5 Å². The lowest BCUT2D eigenvalue weighted by molar-refractivity contribution is -0.142. The van der Waals surface area contributed by atoms with Crippen LogP contribution in [-0.4, -0.2) is 35.7 Å². The van der Waals surface area contributed by atoms with Crippen LogP contribution in [0, 0.1) is 40.7 Å². The number of fused-ring (bicyclic) bond motifs is 1. The summed E-state index contributed by atoms with van der Waals surface area (Å²) in [6, 6.07) is 2.96. The number of benzene rings is 1. The van der Waals surface area contributed by atoms with Crippen LogP contribution in [0.4, 0.5) is 13.6 Å². The molecule has 8 heteroatoms. The summed E-state index contributed by atoms with van der Waals surface area (Å²) < 4.78 is 26.8.